The van der Waals surface area contributed by atoms with E-state index in [0.717, 1.165) is 17.9 Å². The minimum Gasteiger partial charge on any atom is -0.493 e. The number of nitrogens with zero attached hydrogens (tertiary/aromatic N) is 1. The number of aromatic nitrogens is 1. The van der Waals surface area contributed by atoms with E-state index in [2.05, 4.69) is 22.3 Å². The van der Waals surface area contributed by atoms with Crippen LogP contribution in [0.4, 0.5) is 0 Å². The molecule has 1 aromatic heterocycles. The normalized spacial score (nSPS) is 19.2. The second-order valence-corrected chi connectivity index (χ2v) is 7.65. The molecule has 1 saturated heterocycles. The summed E-state index contributed by atoms with van der Waals surface area (Å²) < 4.78 is 16.7. The van der Waals surface area contributed by atoms with Crippen LogP contribution in [-0.2, 0) is 4.74 Å². The molecule has 0 saturated carbocycles. The van der Waals surface area contributed by atoms with Crippen LogP contribution in [-0.4, -0.2) is 47.5 Å². The quantitative estimate of drug-likeness (QED) is 0.613. The lowest BCUT2D eigenvalue weighted by molar-refractivity contribution is -0.0969. The number of hydrogen-bond donors (Lipinski definition) is 3. The van der Waals surface area contributed by atoms with Gasteiger partial charge in [0.15, 0.2) is 0 Å². The largest absolute Gasteiger partial charge is 0.493 e. The fourth-order valence-corrected chi connectivity index (χ4v) is 2.85. The number of rotatable bonds is 7. The van der Waals surface area contributed by atoms with E-state index < -0.39 is 6.10 Å². The predicted octanol–water partition coefficient (Wildman–Crippen LogP) is 2.23. The molecule has 7 nitrogen and oxygen atoms in total. The molecule has 2 unspecified atom stereocenters. The Morgan fingerprint density at radius 1 is 1.31 bits per heavy atom. The molecule has 1 fully saturated rings. The maximum absolute atomic E-state index is 9.94. The highest BCUT2D eigenvalue weighted by Gasteiger charge is 2.26. The fraction of sp³-hybridized carbons (Fsp3) is 0.500. The topological polar surface area (TPSA) is 97.0 Å². The van der Waals surface area contributed by atoms with Crippen LogP contribution in [0.15, 0.2) is 34.9 Å². The van der Waals surface area contributed by atoms with Crippen LogP contribution in [0.2, 0.25) is 0 Å². The Kier molecular flexibility index (Phi) is 7.29. The summed E-state index contributed by atoms with van der Waals surface area (Å²) in [5, 5.41) is 25.9. The van der Waals surface area contributed by atoms with E-state index in [-0.39, 0.29) is 12.3 Å². The van der Waals surface area contributed by atoms with Crippen molar-refractivity contribution in [3.05, 3.63) is 47.3 Å². The van der Waals surface area contributed by atoms with Gasteiger partial charge in [0.2, 0.25) is 5.76 Å². The van der Waals surface area contributed by atoms with Crippen molar-refractivity contribution in [3.63, 3.8) is 0 Å². The number of benzene rings is 1. The van der Waals surface area contributed by atoms with Crippen molar-refractivity contribution in [3.8, 4) is 17.6 Å². The lowest BCUT2D eigenvalue weighted by Gasteiger charge is -2.35. The Hall–Kier alpha value is -2.37. The van der Waals surface area contributed by atoms with Gasteiger partial charge in [0, 0.05) is 30.7 Å². The number of ether oxygens (including phenoxy) is 2. The smallest absolute Gasteiger partial charge is 0.210 e. The average molecular weight is 400 g/mol. The zero-order chi connectivity index (χ0) is 20.7. The summed E-state index contributed by atoms with van der Waals surface area (Å²) in [5.41, 5.74) is 0.982. The van der Waals surface area contributed by atoms with Crippen LogP contribution in [0.1, 0.15) is 49.8 Å². The zero-order valence-corrected chi connectivity index (χ0v) is 16.9. The maximum atomic E-state index is 9.94. The first-order valence-electron chi connectivity index (χ1n) is 9.84. The first-order valence-corrected chi connectivity index (χ1v) is 9.84. The lowest BCUT2D eigenvalue weighted by Crippen LogP contribution is -2.51. The Morgan fingerprint density at radius 2 is 2.10 bits per heavy atom. The van der Waals surface area contributed by atoms with Crippen molar-refractivity contribution in [2.45, 2.75) is 38.5 Å². The maximum Gasteiger partial charge on any atom is 0.210 e. The zero-order valence-electron chi connectivity index (χ0n) is 16.9. The van der Waals surface area contributed by atoms with Gasteiger partial charge in [-0.1, -0.05) is 11.1 Å². The Bertz CT molecular complexity index is 825. The van der Waals surface area contributed by atoms with Gasteiger partial charge in [-0.05, 0) is 56.9 Å². The molecule has 1 aliphatic rings. The highest BCUT2D eigenvalue weighted by atomic mass is 16.5. The SMILES string of the molecule is CC1(C)NCC(COc2ccc(C#Cc3cc(C(O)CCCO)no3)cc2)CO1. The first-order chi connectivity index (χ1) is 13.9. The predicted molar refractivity (Wildman–Crippen MR) is 107 cm³/mol. The number of nitrogens with one attached hydrogen (secondary N) is 1. The molecule has 156 valence electrons. The van der Waals surface area contributed by atoms with E-state index in [9.17, 15) is 5.11 Å². The van der Waals surface area contributed by atoms with Crippen LogP contribution in [0.25, 0.3) is 0 Å². The van der Waals surface area contributed by atoms with Crippen molar-refractivity contribution in [2.75, 3.05) is 26.4 Å². The van der Waals surface area contributed by atoms with Crippen LogP contribution in [0.5, 0.6) is 5.75 Å². The molecule has 0 spiro atoms. The van der Waals surface area contributed by atoms with Gasteiger partial charge < -0.3 is 24.2 Å². The summed E-state index contributed by atoms with van der Waals surface area (Å²) in [6.07, 6.45) is 0.179. The standard InChI is InChI=1S/C22H28N2O5/c1-22(2)23-13-17(15-28-22)14-27-18-8-5-16(6-9-18)7-10-19-12-20(24-29-19)21(26)4-3-11-25/h5-6,8-9,12,17,21,23,25-26H,3-4,11,13-15H2,1-2H3. The molecule has 2 heterocycles. The second-order valence-electron chi connectivity index (χ2n) is 7.65. The molecule has 0 radical (unpaired) electrons. The third kappa shape index (κ3) is 6.58. The number of hydrogen-bond acceptors (Lipinski definition) is 7. The Morgan fingerprint density at radius 3 is 2.79 bits per heavy atom. The molecule has 3 rings (SSSR count). The van der Waals surface area contributed by atoms with Crippen LogP contribution in [0.3, 0.4) is 0 Å². The Labute approximate surface area is 171 Å². The van der Waals surface area contributed by atoms with Crippen LogP contribution in [0, 0.1) is 17.8 Å². The molecule has 0 amide bonds. The summed E-state index contributed by atoms with van der Waals surface area (Å²) in [7, 11) is 0. The Balaban J connectivity index is 1.49. The third-order valence-electron chi connectivity index (χ3n) is 4.67. The molecule has 0 aliphatic carbocycles. The van der Waals surface area contributed by atoms with Crippen LogP contribution < -0.4 is 10.1 Å². The average Bonchev–Trinajstić information content (AvgIpc) is 3.20. The number of aliphatic hydroxyl groups is 2. The fourth-order valence-electron chi connectivity index (χ4n) is 2.85. The summed E-state index contributed by atoms with van der Waals surface area (Å²) in [5.74, 6) is 7.39. The minimum absolute atomic E-state index is 0.0325. The number of aliphatic hydroxyl groups excluding tert-OH is 2. The molecule has 7 heteroatoms. The molecule has 29 heavy (non-hydrogen) atoms. The third-order valence-corrected chi connectivity index (χ3v) is 4.67. The van der Waals surface area contributed by atoms with Gasteiger partial charge >= 0.3 is 0 Å². The van der Waals surface area contributed by atoms with Gasteiger partial charge in [-0.25, -0.2) is 0 Å². The van der Waals surface area contributed by atoms with E-state index in [1.807, 2.05) is 38.1 Å². The van der Waals surface area contributed by atoms with Gasteiger partial charge in [0.05, 0.1) is 19.3 Å². The molecule has 3 N–H and O–H groups in total. The van der Waals surface area contributed by atoms with Gasteiger partial charge in [0.25, 0.3) is 0 Å². The monoisotopic (exact) mass is 400 g/mol. The van der Waals surface area contributed by atoms with Gasteiger partial charge in [-0.15, -0.1) is 0 Å². The molecule has 0 bridgehead atoms. The summed E-state index contributed by atoms with van der Waals surface area (Å²) in [6, 6.07) is 9.15. The van der Waals surface area contributed by atoms with Gasteiger partial charge in [-0.2, -0.15) is 0 Å². The van der Waals surface area contributed by atoms with Crippen LogP contribution >= 0.6 is 0 Å². The van der Waals surface area contributed by atoms with E-state index in [1.165, 1.54) is 0 Å². The molecular formula is C22H28N2O5. The van der Waals surface area contributed by atoms with Gasteiger partial charge in [-0.3, -0.25) is 5.32 Å². The van der Waals surface area contributed by atoms with E-state index >= 15 is 0 Å². The molecule has 2 aromatic rings. The van der Waals surface area contributed by atoms with Crippen molar-refractivity contribution in [1.29, 1.82) is 0 Å². The van der Waals surface area contributed by atoms with E-state index in [0.29, 0.717) is 43.4 Å². The van der Waals surface area contributed by atoms with Crippen molar-refractivity contribution in [1.82, 2.24) is 10.5 Å². The minimum atomic E-state index is -0.756. The summed E-state index contributed by atoms with van der Waals surface area (Å²) in [6.45, 7) is 6.20. The first kappa shape index (κ1) is 21.3. The van der Waals surface area contributed by atoms with Gasteiger partial charge in [0.1, 0.15) is 17.2 Å². The molecular weight excluding hydrogens is 372 g/mol. The highest BCUT2D eigenvalue weighted by molar-refractivity contribution is 5.41. The molecule has 1 aromatic carbocycles. The van der Waals surface area contributed by atoms with E-state index in [4.69, 9.17) is 19.1 Å². The second kappa shape index (κ2) is 9.90. The van der Waals surface area contributed by atoms with Crippen molar-refractivity contribution in [2.24, 2.45) is 5.92 Å². The van der Waals surface area contributed by atoms with Crippen molar-refractivity contribution < 1.29 is 24.2 Å². The highest BCUT2D eigenvalue weighted by Crippen LogP contribution is 2.19. The lowest BCUT2D eigenvalue weighted by atomic mass is 10.1. The van der Waals surface area contributed by atoms with E-state index in [1.54, 1.807) is 6.07 Å². The molecule has 1 aliphatic heterocycles. The molecule has 2 atom stereocenters. The van der Waals surface area contributed by atoms with Crippen molar-refractivity contribution >= 4 is 0 Å². The summed E-state index contributed by atoms with van der Waals surface area (Å²) in [4.78, 5) is 0. The summed E-state index contributed by atoms with van der Waals surface area (Å²) >= 11 is 0.